The molecule has 4 N–H and O–H groups in total. The lowest BCUT2D eigenvalue weighted by molar-refractivity contribution is -0.117. The van der Waals surface area contributed by atoms with Gasteiger partial charge in [0.15, 0.2) is 5.75 Å². The number of amides is 1. The van der Waals surface area contributed by atoms with Crippen molar-refractivity contribution >= 4 is 29.2 Å². The summed E-state index contributed by atoms with van der Waals surface area (Å²) in [5.41, 5.74) is 12.2. The van der Waals surface area contributed by atoms with E-state index in [-0.39, 0.29) is 27.8 Å². The average molecular weight is 367 g/mol. The number of nitrogens with zero attached hydrogens (tertiary/aromatic N) is 3. The molecule has 0 aliphatic heterocycles. The van der Waals surface area contributed by atoms with Gasteiger partial charge in [-0.25, -0.2) is 9.83 Å². The highest BCUT2D eigenvalue weighted by Gasteiger charge is 2.26. The Balaban J connectivity index is 2.55. The molecule has 0 radical (unpaired) electrons. The highest BCUT2D eigenvalue weighted by atomic mass is 32.2. The van der Waals surface area contributed by atoms with Gasteiger partial charge in [-0.3, -0.25) is 4.79 Å². The first-order valence-electron chi connectivity index (χ1n) is 7.78. The summed E-state index contributed by atoms with van der Waals surface area (Å²) >= 11 is 1.01. The Bertz CT molecular complexity index is 887. The molecule has 0 aliphatic rings. The Labute approximate surface area is 155 Å². The average Bonchev–Trinajstić information content (AvgIpc) is 2.64. The Morgan fingerprint density at radius 1 is 1.46 bits per heavy atom. The van der Waals surface area contributed by atoms with Gasteiger partial charge in [0.2, 0.25) is 5.91 Å². The van der Waals surface area contributed by atoms with Crippen molar-refractivity contribution in [3.8, 4) is 11.8 Å². The van der Waals surface area contributed by atoms with Crippen molar-refractivity contribution in [1.82, 2.24) is 4.98 Å². The number of ether oxygens (including phenoxy) is 1. The number of hydrogen-bond acceptors (Lipinski definition) is 6. The number of pyridine rings is 1. The van der Waals surface area contributed by atoms with Crippen molar-refractivity contribution in [3.05, 3.63) is 52.9 Å². The van der Waals surface area contributed by atoms with Crippen LogP contribution in [-0.4, -0.2) is 17.5 Å². The van der Waals surface area contributed by atoms with Gasteiger partial charge in [0.05, 0.1) is 13.2 Å². The van der Waals surface area contributed by atoms with Gasteiger partial charge >= 0.3 is 0 Å². The highest BCUT2D eigenvalue weighted by Crippen LogP contribution is 2.44. The largest absolute Gasteiger partial charge is 0.503 e. The van der Waals surface area contributed by atoms with Crippen LogP contribution in [0.5, 0.6) is 5.75 Å². The van der Waals surface area contributed by atoms with Gasteiger partial charge in [0, 0.05) is 0 Å². The maximum absolute atomic E-state index is 11.9. The molecule has 0 fully saturated rings. The number of nitriles is 1. The summed E-state index contributed by atoms with van der Waals surface area (Å²) in [5.74, 6) is -0.532. The third-order valence-electron chi connectivity index (χ3n) is 3.38. The molecule has 0 aliphatic carbocycles. The zero-order valence-electron chi connectivity index (χ0n) is 14.1. The van der Waals surface area contributed by atoms with Crippen molar-refractivity contribution in [2.75, 3.05) is 12.3 Å². The maximum Gasteiger partial charge on any atom is 0.270 e. The first kappa shape index (κ1) is 19.1. The minimum atomic E-state index is -0.756. The predicted octanol–water partition coefficient (Wildman–Crippen LogP) is 3.19. The summed E-state index contributed by atoms with van der Waals surface area (Å²) in [4.78, 5) is 19.4. The maximum atomic E-state index is 11.9. The minimum Gasteiger partial charge on any atom is -0.503 e. The van der Waals surface area contributed by atoms with Crippen LogP contribution in [-0.2, 0) is 4.79 Å². The molecule has 1 atom stereocenters. The van der Waals surface area contributed by atoms with Crippen LogP contribution in [0.15, 0.2) is 35.4 Å². The first-order valence-corrected chi connectivity index (χ1v) is 8.66. The summed E-state index contributed by atoms with van der Waals surface area (Å²) in [7, 11) is 0. The smallest absolute Gasteiger partial charge is 0.270 e. The summed E-state index contributed by atoms with van der Waals surface area (Å²) in [6, 6.07) is 10.9. The van der Waals surface area contributed by atoms with Crippen molar-refractivity contribution in [1.29, 1.82) is 5.26 Å². The van der Waals surface area contributed by atoms with Crippen LogP contribution in [0.3, 0.4) is 0 Å². The number of carbonyl (C=O) groups excluding carboxylic acids is 1. The number of anilines is 1. The van der Waals surface area contributed by atoms with Gasteiger partial charge in [0.25, 0.3) is 5.69 Å². The quantitative estimate of drug-likeness (QED) is 0.573. The molecule has 0 saturated carbocycles. The lowest BCUT2D eigenvalue weighted by Gasteiger charge is -2.17. The molecule has 2 aromatic rings. The van der Waals surface area contributed by atoms with Crippen LogP contribution in [0.2, 0.25) is 0 Å². The molecular weight excluding hydrogens is 350 g/mol. The minimum absolute atomic E-state index is 0.00492. The topological polar surface area (TPSA) is 119 Å². The number of benzene rings is 1. The van der Waals surface area contributed by atoms with Gasteiger partial charge < -0.3 is 16.2 Å². The number of thioether (sulfide) groups is 1. The SMILES string of the molecule is [C-]#[N+]c1c(N)nc(SC(C(N)=O)c2ccccc2)c(C#N)c1OCCC. The number of rotatable bonds is 7. The van der Waals surface area contributed by atoms with Crippen LogP contribution in [0.4, 0.5) is 11.5 Å². The lowest BCUT2D eigenvalue weighted by atomic mass is 10.1. The molecule has 1 heterocycles. The molecule has 0 saturated heterocycles. The second-order valence-corrected chi connectivity index (χ2v) is 6.33. The van der Waals surface area contributed by atoms with Crippen molar-refractivity contribution < 1.29 is 9.53 Å². The van der Waals surface area contributed by atoms with Crippen molar-refractivity contribution in [2.45, 2.75) is 23.6 Å². The van der Waals surface area contributed by atoms with E-state index in [1.165, 1.54) is 0 Å². The van der Waals surface area contributed by atoms with E-state index in [2.05, 4.69) is 9.83 Å². The summed E-state index contributed by atoms with van der Waals surface area (Å²) < 4.78 is 5.58. The molecule has 26 heavy (non-hydrogen) atoms. The zero-order chi connectivity index (χ0) is 19.1. The zero-order valence-corrected chi connectivity index (χ0v) is 14.9. The van der Waals surface area contributed by atoms with Gasteiger partial charge in [-0.05, 0) is 12.0 Å². The molecule has 132 valence electrons. The number of hydrogen-bond donors (Lipinski definition) is 2. The van der Waals surface area contributed by atoms with E-state index in [0.717, 1.165) is 11.8 Å². The normalized spacial score (nSPS) is 11.2. The number of nitrogens with two attached hydrogens (primary N) is 2. The summed E-state index contributed by atoms with van der Waals surface area (Å²) in [6.07, 6.45) is 0.695. The molecule has 1 amide bonds. The fourth-order valence-corrected chi connectivity index (χ4v) is 3.26. The van der Waals surface area contributed by atoms with E-state index in [4.69, 9.17) is 22.8 Å². The van der Waals surface area contributed by atoms with Gasteiger partial charge in [0.1, 0.15) is 27.7 Å². The predicted molar refractivity (Wildman–Crippen MR) is 99.6 cm³/mol. The molecule has 2 rings (SSSR count). The van der Waals surface area contributed by atoms with Crippen molar-refractivity contribution in [2.24, 2.45) is 5.73 Å². The molecular formula is C18H17N5O2S. The van der Waals surface area contributed by atoms with E-state index in [1.54, 1.807) is 24.3 Å². The van der Waals surface area contributed by atoms with Crippen LogP contribution in [0.1, 0.15) is 29.7 Å². The van der Waals surface area contributed by atoms with Crippen LogP contribution in [0, 0.1) is 17.9 Å². The van der Waals surface area contributed by atoms with Crippen molar-refractivity contribution in [3.63, 3.8) is 0 Å². The Hall–Kier alpha value is -3.23. The molecule has 8 heteroatoms. The van der Waals surface area contributed by atoms with E-state index in [0.29, 0.717) is 18.6 Å². The molecule has 1 aromatic heterocycles. The second kappa shape index (κ2) is 8.75. The standard InChI is InChI=1S/C18H17N5O2S/c1-3-9-25-14-12(10-19)18(23-16(20)13(14)22-2)26-15(17(21)24)11-7-5-4-6-8-11/h4-8,15H,3,9H2,1H3,(H2,20,23)(H2,21,24). The highest BCUT2D eigenvalue weighted by molar-refractivity contribution is 8.00. The summed E-state index contributed by atoms with van der Waals surface area (Å²) in [5, 5.41) is 9.04. The third-order valence-corrected chi connectivity index (χ3v) is 4.64. The summed E-state index contributed by atoms with van der Waals surface area (Å²) in [6.45, 7) is 9.51. The molecule has 0 bridgehead atoms. The van der Waals surface area contributed by atoms with Gasteiger partial charge in [-0.15, -0.1) is 0 Å². The van der Waals surface area contributed by atoms with Crippen LogP contribution >= 0.6 is 11.8 Å². The fraction of sp³-hybridized carbons (Fsp3) is 0.222. The number of primary amides is 1. The first-order chi connectivity index (χ1) is 12.5. The van der Waals surface area contributed by atoms with E-state index in [1.807, 2.05) is 19.1 Å². The molecule has 1 unspecified atom stereocenters. The van der Waals surface area contributed by atoms with Crippen LogP contribution in [0.25, 0.3) is 4.85 Å². The number of nitrogen functional groups attached to an aromatic ring is 1. The third kappa shape index (κ3) is 4.05. The number of carbonyl (C=O) groups is 1. The fourth-order valence-electron chi connectivity index (χ4n) is 2.22. The van der Waals surface area contributed by atoms with Gasteiger partial charge in [-0.1, -0.05) is 49.0 Å². The lowest BCUT2D eigenvalue weighted by Crippen LogP contribution is -2.19. The Morgan fingerprint density at radius 2 is 2.15 bits per heavy atom. The molecule has 1 aromatic carbocycles. The van der Waals surface area contributed by atoms with E-state index >= 15 is 0 Å². The van der Waals surface area contributed by atoms with E-state index < -0.39 is 11.2 Å². The number of aromatic nitrogens is 1. The molecule has 0 spiro atoms. The van der Waals surface area contributed by atoms with Crippen LogP contribution < -0.4 is 16.2 Å². The van der Waals surface area contributed by atoms with E-state index in [9.17, 15) is 10.1 Å². The molecule has 7 nitrogen and oxygen atoms in total. The Kier molecular flexibility index (Phi) is 6.42. The second-order valence-electron chi connectivity index (χ2n) is 5.24. The Morgan fingerprint density at radius 3 is 2.69 bits per heavy atom. The monoisotopic (exact) mass is 367 g/mol. The van der Waals surface area contributed by atoms with Gasteiger partial charge in [-0.2, -0.15) is 5.26 Å².